The normalized spacial score (nSPS) is 17.7. The molecule has 3 amide bonds. The number of nitrogens with one attached hydrogen (secondary N) is 2. The van der Waals surface area contributed by atoms with Gasteiger partial charge in [-0.25, -0.2) is 4.79 Å². The molecule has 0 atom stereocenters. The summed E-state index contributed by atoms with van der Waals surface area (Å²) in [6.07, 6.45) is 2.35. The first-order valence-corrected chi connectivity index (χ1v) is 10.2. The molecule has 6 heteroatoms. The van der Waals surface area contributed by atoms with E-state index in [-0.39, 0.29) is 11.9 Å². The summed E-state index contributed by atoms with van der Waals surface area (Å²) in [7, 11) is 2.03. The van der Waals surface area contributed by atoms with Crippen molar-refractivity contribution in [3.63, 3.8) is 0 Å². The number of carbonyl (C=O) groups is 2. The highest BCUT2D eigenvalue weighted by molar-refractivity contribution is 6.02. The van der Waals surface area contributed by atoms with E-state index in [0.717, 1.165) is 23.4 Å². The first-order valence-electron chi connectivity index (χ1n) is 10.2. The van der Waals surface area contributed by atoms with E-state index >= 15 is 0 Å². The highest BCUT2D eigenvalue weighted by Gasteiger charge is 2.44. The van der Waals surface area contributed by atoms with Gasteiger partial charge in [-0.15, -0.1) is 0 Å². The van der Waals surface area contributed by atoms with Crippen molar-refractivity contribution in [1.29, 1.82) is 0 Å². The number of nitrogens with zero attached hydrogens (tertiary/aromatic N) is 2. The van der Waals surface area contributed by atoms with Crippen molar-refractivity contribution < 1.29 is 9.59 Å². The Morgan fingerprint density at radius 3 is 2.48 bits per heavy atom. The Hall–Kier alpha value is -3.02. The van der Waals surface area contributed by atoms with Crippen molar-refractivity contribution in [2.24, 2.45) is 0 Å². The van der Waals surface area contributed by atoms with Crippen LogP contribution in [0.25, 0.3) is 0 Å². The quantitative estimate of drug-likeness (QED) is 0.818. The first-order chi connectivity index (χ1) is 13.9. The average molecular weight is 393 g/mol. The molecule has 2 aliphatic heterocycles. The molecule has 1 fully saturated rings. The lowest BCUT2D eigenvalue weighted by Gasteiger charge is -2.51. The summed E-state index contributed by atoms with van der Waals surface area (Å²) in [4.78, 5) is 29.4. The molecule has 2 N–H and O–H groups in total. The van der Waals surface area contributed by atoms with Crippen molar-refractivity contribution >= 4 is 23.3 Å². The molecule has 29 heavy (non-hydrogen) atoms. The van der Waals surface area contributed by atoms with Gasteiger partial charge in [-0.05, 0) is 43.2 Å². The van der Waals surface area contributed by atoms with Gasteiger partial charge < -0.3 is 20.4 Å². The number of piperidine rings is 1. The van der Waals surface area contributed by atoms with E-state index in [2.05, 4.69) is 22.5 Å². The first kappa shape index (κ1) is 19.3. The van der Waals surface area contributed by atoms with Crippen molar-refractivity contribution in [2.75, 3.05) is 30.4 Å². The number of rotatable bonds is 2. The molecule has 2 aliphatic rings. The average Bonchev–Trinajstić information content (AvgIpc) is 2.73. The molecule has 2 aromatic rings. The minimum absolute atomic E-state index is 0.0317. The van der Waals surface area contributed by atoms with E-state index in [9.17, 15) is 9.59 Å². The molecule has 0 aliphatic carbocycles. The van der Waals surface area contributed by atoms with Crippen LogP contribution in [0.2, 0.25) is 0 Å². The fourth-order valence-electron chi connectivity index (χ4n) is 4.28. The molecule has 1 saturated heterocycles. The van der Waals surface area contributed by atoms with Gasteiger partial charge >= 0.3 is 6.03 Å². The molecular weight excluding hydrogens is 364 g/mol. The van der Waals surface area contributed by atoms with Crippen LogP contribution in [-0.2, 0) is 6.42 Å². The van der Waals surface area contributed by atoms with Crippen LogP contribution in [0.1, 0.15) is 41.3 Å². The summed E-state index contributed by atoms with van der Waals surface area (Å²) in [5, 5.41) is 6.20. The highest BCUT2D eigenvalue weighted by atomic mass is 16.2. The van der Waals surface area contributed by atoms with Crippen molar-refractivity contribution in [2.45, 2.75) is 38.8 Å². The van der Waals surface area contributed by atoms with Crippen LogP contribution >= 0.6 is 0 Å². The van der Waals surface area contributed by atoms with Crippen molar-refractivity contribution in [3.05, 3.63) is 59.2 Å². The molecule has 0 aromatic heterocycles. The van der Waals surface area contributed by atoms with E-state index in [4.69, 9.17) is 0 Å². The SMILES string of the molecule is CCc1ccc(NC(=O)N2CCC3(CC2)NC(=O)c2cc(C)ccc2N3C)cc1. The van der Waals surface area contributed by atoms with Crippen LogP contribution in [-0.4, -0.2) is 42.6 Å². The molecule has 152 valence electrons. The monoisotopic (exact) mass is 392 g/mol. The molecule has 1 spiro atoms. The largest absolute Gasteiger partial charge is 0.351 e. The van der Waals surface area contributed by atoms with Crippen LogP contribution in [0.5, 0.6) is 0 Å². The number of benzene rings is 2. The third-order valence-corrected chi connectivity index (χ3v) is 6.24. The molecule has 0 unspecified atom stereocenters. The van der Waals surface area contributed by atoms with E-state index in [1.807, 2.05) is 61.3 Å². The van der Waals surface area contributed by atoms with E-state index < -0.39 is 5.66 Å². The fourth-order valence-corrected chi connectivity index (χ4v) is 4.28. The van der Waals surface area contributed by atoms with Gasteiger partial charge in [0.2, 0.25) is 0 Å². The number of aryl methyl sites for hydroxylation is 2. The second-order valence-electron chi connectivity index (χ2n) is 8.03. The van der Waals surface area contributed by atoms with Gasteiger partial charge in [-0.2, -0.15) is 0 Å². The topological polar surface area (TPSA) is 64.7 Å². The second kappa shape index (κ2) is 7.43. The fraction of sp³-hybridized carbons (Fsp3) is 0.391. The zero-order valence-electron chi connectivity index (χ0n) is 17.3. The Bertz CT molecular complexity index is 930. The van der Waals surface area contributed by atoms with Crippen LogP contribution in [0.3, 0.4) is 0 Å². The van der Waals surface area contributed by atoms with Gasteiger partial charge in [0.15, 0.2) is 0 Å². The lowest BCUT2D eigenvalue weighted by molar-refractivity contribution is 0.0815. The van der Waals surface area contributed by atoms with Crippen LogP contribution in [0.4, 0.5) is 16.2 Å². The molecule has 6 nitrogen and oxygen atoms in total. The number of carbonyl (C=O) groups excluding carboxylic acids is 2. The molecule has 2 heterocycles. The molecule has 0 saturated carbocycles. The van der Waals surface area contributed by atoms with Gasteiger partial charge in [-0.3, -0.25) is 4.79 Å². The highest BCUT2D eigenvalue weighted by Crippen LogP contribution is 2.36. The Labute approximate surface area is 171 Å². The van der Waals surface area contributed by atoms with Crippen molar-refractivity contribution in [3.8, 4) is 0 Å². The van der Waals surface area contributed by atoms with E-state index in [1.54, 1.807) is 0 Å². The minimum atomic E-state index is -0.446. The summed E-state index contributed by atoms with van der Waals surface area (Å²) in [5.41, 5.74) is 4.34. The third-order valence-electron chi connectivity index (χ3n) is 6.24. The number of likely N-dealkylation sites (tertiary alicyclic amines) is 1. The summed E-state index contributed by atoms with van der Waals surface area (Å²) in [6, 6.07) is 13.8. The summed E-state index contributed by atoms with van der Waals surface area (Å²) < 4.78 is 0. The standard InChI is InChI=1S/C23H28N4O2/c1-4-17-6-8-18(9-7-17)24-22(29)27-13-11-23(12-14-27)25-21(28)19-15-16(2)5-10-20(19)26(23)3/h5-10,15H,4,11-14H2,1-3H3,(H,24,29)(H,25,28). The summed E-state index contributed by atoms with van der Waals surface area (Å²) in [5.74, 6) is -0.0317. The molecule has 2 aromatic carbocycles. The number of urea groups is 1. The van der Waals surface area contributed by atoms with Gasteiger partial charge in [0.05, 0.1) is 11.3 Å². The Kier molecular flexibility index (Phi) is 4.94. The maximum absolute atomic E-state index is 12.7. The zero-order valence-corrected chi connectivity index (χ0v) is 17.3. The number of fused-ring (bicyclic) bond motifs is 1. The maximum atomic E-state index is 12.7. The zero-order chi connectivity index (χ0) is 20.6. The van der Waals surface area contributed by atoms with Gasteiger partial charge in [-0.1, -0.05) is 30.7 Å². The van der Waals surface area contributed by atoms with E-state index in [0.29, 0.717) is 31.5 Å². The van der Waals surface area contributed by atoms with Crippen LogP contribution in [0.15, 0.2) is 42.5 Å². The molecular formula is C23H28N4O2. The maximum Gasteiger partial charge on any atom is 0.321 e. The van der Waals surface area contributed by atoms with Crippen molar-refractivity contribution in [1.82, 2.24) is 10.2 Å². The van der Waals surface area contributed by atoms with E-state index in [1.165, 1.54) is 5.56 Å². The third kappa shape index (κ3) is 3.55. The molecule has 0 bridgehead atoms. The molecule has 0 radical (unpaired) electrons. The number of hydrogen-bond acceptors (Lipinski definition) is 3. The van der Waals surface area contributed by atoms with Gasteiger partial charge in [0.1, 0.15) is 5.66 Å². The lowest BCUT2D eigenvalue weighted by Crippen LogP contribution is -2.67. The Balaban J connectivity index is 1.43. The van der Waals surface area contributed by atoms with Crippen LogP contribution < -0.4 is 15.5 Å². The number of anilines is 2. The summed E-state index contributed by atoms with van der Waals surface area (Å²) in [6.45, 7) is 5.28. The minimum Gasteiger partial charge on any atom is -0.351 e. The van der Waals surface area contributed by atoms with Gasteiger partial charge in [0.25, 0.3) is 5.91 Å². The smallest absolute Gasteiger partial charge is 0.321 e. The predicted molar refractivity (Wildman–Crippen MR) is 115 cm³/mol. The summed E-state index contributed by atoms with van der Waals surface area (Å²) >= 11 is 0. The Morgan fingerprint density at radius 1 is 1.14 bits per heavy atom. The van der Waals surface area contributed by atoms with Gasteiger partial charge in [0, 0.05) is 38.7 Å². The lowest BCUT2D eigenvalue weighted by atomic mass is 9.90. The predicted octanol–water partition coefficient (Wildman–Crippen LogP) is 3.76. The second-order valence-corrected chi connectivity index (χ2v) is 8.03. The Morgan fingerprint density at radius 2 is 1.83 bits per heavy atom. The number of hydrogen-bond donors (Lipinski definition) is 2. The van der Waals surface area contributed by atoms with Crippen LogP contribution in [0, 0.1) is 6.92 Å². The molecule has 4 rings (SSSR count). The number of amides is 3.